The molecule has 0 aliphatic carbocycles. The molecule has 1 saturated heterocycles. The van der Waals surface area contributed by atoms with E-state index in [1.807, 2.05) is 49.4 Å². The Morgan fingerprint density at radius 2 is 1.67 bits per heavy atom. The van der Waals surface area contributed by atoms with Gasteiger partial charge in [-0.3, -0.25) is 4.79 Å². The van der Waals surface area contributed by atoms with Crippen molar-refractivity contribution in [1.29, 1.82) is 0 Å². The summed E-state index contributed by atoms with van der Waals surface area (Å²) in [7, 11) is 0. The van der Waals surface area contributed by atoms with Crippen LogP contribution in [0.2, 0.25) is 5.02 Å². The number of benzene rings is 2. The first-order valence-electron chi connectivity index (χ1n) is 12.8. The van der Waals surface area contributed by atoms with Crippen LogP contribution in [0, 0.1) is 5.41 Å². The molecule has 10 heteroatoms. The van der Waals surface area contributed by atoms with Crippen molar-refractivity contribution in [2.24, 2.45) is 5.41 Å². The predicted molar refractivity (Wildman–Crippen MR) is 143 cm³/mol. The molecule has 0 saturated carbocycles. The van der Waals surface area contributed by atoms with Crippen molar-refractivity contribution in [2.75, 3.05) is 13.2 Å². The Morgan fingerprint density at radius 1 is 1.00 bits per heavy atom. The second-order valence-corrected chi connectivity index (χ2v) is 11.1. The lowest BCUT2D eigenvalue weighted by Gasteiger charge is -2.37. The number of aliphatic hydroxyl groups is 5. The lowest BCUT2D eigenvalue weighted by atomic mass is 9.85. The Hall–Kier alpha value is -2.76. The van der Waals surface area contributed by atoms with Gasteiger partial charge in [0.05, 0.1) is 13.0 Å². The standard InChI is InChI=1S/C29H32ClNO8/c1-29(15-32)12-20-24(16-5-3-2-4-6-16)23(17-7-9-18(30)10-8-17)19(31(20)14-29)11-22(33)38-13-21-25(34)26(35)27(36)28(37)39-21/h2-10,21,25-28,32,34-37H,11-15H2,1H3. The molecule has 6 atom stereocenters. The summed E-state index contributed by atoms with van der Waals surface area (Å²) in [6.45, 7) is 2.07. The van der Waals surface area contributed by atoms with E-state index in [2.05, 4.69) is 4.57 Å². The quantitative estimate of drug-likeness (QED) is 0.277. The molecule has 9 nitrogen and oxygen atoms in total. The molecule has 208 valence electrons. The fourth-order valence-corrected chi connectivity index (χ4v) is 5.63. The number of aliphatic hydroxyl groups excluding tert-OH is 5. The summed E-state index contributed by atoms with van der Waals surface area (Å²) in [4.78, 5) is 13.2. The van der Waals surface area contributed by atoms with Crippen LogP contribution in [0.3, 0.4) is 0 Å². The smallest absolute Gasteiger partial charge is 0.311 e. The summed E-state index contributed by atoms with van der Waals surface area (Å²) in [6, 6.07) is 17.3. The van der Waals surface area contributed by atoms with Gasteiger partial charge in [0, 0.05) is 39.5 Å². The number of aromatic nitrogens is 1. The van der Waals surface area contributed by atoms with Crippen LogP contribution in [0.1, 0.15) is 18.3 Å². The third-order valence-electron chi connectivity index (χ3n) is 7.60. The van der Waals surface area contributed by atoms with Crippen molar-refractivity contribution < 1.29 is 39.8 Å². The molecule has 2 aromatic carbocycles. The summed E-state index contributed by atoms with van der Waals surface area (Å²) in [5, 5.41) is 50.4. The number of carbonyl (C=O) groups excluding carboxylic acids is 1. The van der Waals surface area contributed by atoms with E-state index in [1.165, 1.54) is 0 Å². The maximum absolute atomic E-state index is 13.2. The number of ether oxygens (including phenoxy) is 2. The minimum atomic E-state index is -1.72. The van der Waals surface area contributed by atoms with Gasteiger partial charge in [-0.2, -0.15) is 0 Å². The Balaban J connectivity index is 1.51. The highest BCUT2D eigenvalue weighted by Gasteiger charge is 2.44. The second kappa shape index (κ2) is 11.0. The van der Waals surface area contributed by atoms with Gasteiger partial charge in [-0.05, 0) is 29.7 Å². The molecule has 6 unspecified atom stereocenters. The van der Waals surface area contributed by atoms with Crippen LogP contribution in [-0.2, 0) is 33.7 Å². The zero-order valence-corrected chi connectivity index (χ0v) is 22.2. The predicted octanol–water partition coefficient (Wildman–Crippen LogP) is 1.92. The highest BCUT2D eigenvalue weighted by Crippen LogP contribution is 2.47. The molecule has 5 N–H and O–H groups in total. The van der Waals surface area contributed by atoms with E-state index in [0.29, 0.717) is 23.7 Å². The number of hydrogen-bond donors (Lipinski definition) is 5. The zero-order chi connectivity index (χ0) is 27.9. The molecule has 2 aliphatic heterocycles. The van der Waals surface area contributed by atoms with E-state index in [1.54, 1.807) is 12.1 Å². The molecule has 0 amide bonds. The molecule has 0 spiro atoms. The minimum Gasteiger partial charge on any atom is -0.463 e. The Kier molecular flexibility index (Phi) is 7.85. The first-order valence-corrected chi connectivity index (χ1v) is 13.2. The third-order valence-corrected chi connectivity index (χ3v) is 7.85. The molecule has 5 rings (SSSR count). The van der Waals surface area contributed by atoms with Gasteiger partial charge < -0.3 is 39.6 Å². The maximum Gasteiger partial charge on any atom is 0.311 e. The van der Waals surface area contributed by atoms with Crippen LogP contribution in [0.25, 0.3) is 22.3 Å². The second-order valence-electron chi connectivity index (χ2n) is 10.6. The van der Waals surface area contributed by atoms with Crippen LogP contribution in [0.15, 0.2) is 54.6 Å². The molecule has 2 aliphatic rings. The van der Waals surface area contributed by atoms with Crippen molar-refractivity contribution in [2.45, 2.75) is 57.0 Å². The SMILES string of the molecule is CC1(CO)Cc2c(-c3ccccc3)c(-c3ccc(Cl)cc3)c(CC(=O)OCC3OC(O)C(O)C(O)C3O)n2C1. The number of esters is 1. The molecule has 1 fully saturated rings. The minimum absolute atomic E-state index is 0.0174. The molecular weight excluding hydrogens is 526 g/mol. The van der Waals surface area contributed by atoms with Gasteiger partial charge >= 0.3 is 5.97 Å². The highest BCUT2D eigenvalue weighted by molar-refractivity contribution is 6.30. The van der Waals surface area contributed by atoms with Crippen LogP contribution in [-0.4, -0.2) is 80.0 Å². The van der Waals surface area contributed by atoms with Gasteiger partial charge in [0.15, 0.2) is 6.29 Å². The average Bonchev–Trinajstić information content (AvgIpc) is 3.42. The number of nitrogens with zero attached hydrogens (tertiary/aromatic N) is 1. The van der Waals surface area contributed by atoms with Gasteiger partial charge in [0.25, 0.3) is 0 Å². The summed E-state index contributed by atoms with van der Waals surface area (Å²) in [5.41, 5.74) is 5.03. The normalized spacial score (nSPS) is 28.3. The van der Waals surface area contributed by atoms with Crippen molar-refractivity contribution in [3.63, 3.8) is 0 Å². The fourth-order valence-electron chi connectivity index (χ4n) is 5.50. The van der Waals surface area contributed by atoms with E-state index in [-0.39, 0.29) is 13.0 Å². The summed E-state index contributed by atoms with van der Waals surface area (Å²) >= 11 is 6.18. The van der Waals surface area contributed by atoms with Crippen LogP contribution in [0.5, 0.6) is 0 Å². The monoisotopic (exact) mass is 557 g/mol. The van der Waals surface area contributed by atoms with Gasteiger partial charge in [-0.1, -0.05) is 61.0 Å². The Morgan fingerprint density at radius 3 is 2.33 bits per heavy atom. The zero-order valence-electron chi connectivity index (χ0n) is 21.4. The molecule has 0 radical (unpaired) electrons. The van der Waals surface area contributed by atoms with Crippen LogP contribution in [0.4, 0.5) is 0 Å². The van der Waals surface area contributed by atoms with E-state index in [0.717, 1.165) is 27.9 Å². The summed E-state index contributed by atoms with van der Waals surface area (Å²) in [5.74, 6) is -0.603. The third kappa shape index (κ3) is 5.36. The highest BCUT2D eigenvalue weighted by atomic mass is 35.5. The summed E-state index contributed by atoms with van der Waals surface area (Å²) in [6.07, 6.45) is -7.30. The first-order chi connectivity index (χ1) is 18.6. The van der Waals surface area contributed by atoms with Crippen molar-refractivity contribution in [1.82, 2.24) is 4.57 Å². The van der Waals surface area contributed by atoms with Gasteiger partial charge in [0.2, 0.25) is 0 Å². The number of fused-ring (bicyclic) bond motifs is 1. The molecule has 39 heavy (non-hydrogen) atoms. The number of carbonyl (C=O) groups is 1. The molecule has 3 heterocycles. The Bertz CT molecular complexity index is 1330. The van der Waals surface area contributed by atoms with Crippen molar-refractivity contribution in [3.8, 4) is 22.3 Å². The maximum atomic E-state index is 13.2. The van der Waals surface area contributed by atoms with Gasteiger partial charge in [-0.15, -0.1) is 0 Å². The Labute approximate surface area is 230 Å². The summed E-state index contributed by atoms with van der Waals surface area (Å²) < 4.78 is 12.7. The number of hydrogen-bond acceptors (Lipinski definition) is 8. The topological polar surface area (TPSA) is 142 Å². The van der Waals surface area contributed by atoms with E-state index in [9.17, 15) is 30.3 Å². The van der Waals surface area contributed by atoms with Crippen LogP contribution >= 0.6 is 11.6 Å². The van der Waals surface area contributed by atoms with E-state index in [4.69, 9.17) is 21.1 Å². The largest absolute Gasteiger partial charge is 0.463 e. The first kappa shape index (κ1) is 27.8. The molecule has 1 aromatic heterocycles. The van der Waals surface area contributed by atoms with E-state index >= 15 is 0 Å². The number of rotatable bonds is 7. The fraction of sp³-hybridized carbons (Fsp3) is 0.414. The van der Waals surface area contributed by atoms with Crippen molar-refractivity contribution in [3.05, 3.63) is 71.0 Å². The van der Waals surface area contributed by atoms with E-state index < -0.39 is 48.7 Å². The average molecular weight is 558 g/mol. The lowest BCUT2D eigenvalue weighted by Crippen LogP contribution is -2.58. The van der Waals surface area contributed by atoms with Gasteiger partial charge in [0.1, 0.15) is 31.0 Å². The number of halogens is 1. The van der Waals surface area contributed by atoms with Crippen LogP contribution < -0.4 is 0 Å². The molecule has 3 aromatic rings. The van der Waals surface area contributed by atoms with Crippen molar-refractivity contribution >= 4 is 17.6 Å². The molecular formula is C29H32ClNO8. The molecule has 0 bridgehead atoms. The lowest BCUT2D eigenvalue weighted by molar-refractivity contribution is -0.287. The van der Waals surface area contributed by atoms with Gasteiger partial charge in [-0.25, -0.2) is 0 Å².